The third kappa shape index (κ3) is 4.38. The largest absolute Gasteiger partial charge is 0.395 e. The Bertz CT molecular complexity index is 437. The fourth-order valence-corrected chi connectivity index (χ4v) is 1.97. The first-order chi connectivity index (χ1) is 9.10. The molecule has 0 bridgehead atoms. The molecule has 1 unspecified atom stereocenters. The van der Waals surface area contributed by atoms with Crippen LogP contribution in [-0.4, -0.2) is 35.1 Å². The van der Waals surface area contributed by atoms with E-state index in [0.29, 0.717) is 6.42 Å². The predicted octanol–water partition coefficient (Wildman–Crippen LogP) is 1.60. The van der Waals surface area contributed by atoms with Crippen LogP contribution in [0.2, 0.25) is 0 Å². The molecule has 0 spiro atoms. The van der Waals surface area contributed by atoms with Crippen molar-refractivity contribution in [1.82, 2.24) is 4.90 Å². The molecule has 1 aromatic carbocycles. The number of hydrogen-bond donors (Lipinski definition) is 1. The van der Waals surface area contributed by atoms with Gasteiger partial charge in [-0.15, -0.1) is 0 Å². The number of hydrogen-bond acceptors (Lipinski definition) is 3. The topological polar surface area (TPSA) is 64.3 Å². The van der Waals surface area contributed by atoms with E-state index in [1.807, 2.05) is 44.2 Å². The number of benzene rings is 1. The molecule has 0 aliphatic rings. The summed E-state index contributed by atoms with van der Waals surface area (Å²) in [5.41, 5.74) is 0.968. The van der Waals surface area contributed by atoms with E-state index in [1.54, 1.807) is 4.90 Å². The number of amides is 1. The molecule has 0 saturated carbocycles. The van der Waals surface area contributed by atoms with Crippen LogP contribution in [0.15, 0.2) is 30.3 Å². The van der Waals surface area contributed by atoms with Gasteiger partial charge in [0, 0.05) is 12.6 Å². The third-order valence-corrected chi connectivity index (χ3v) is 2.98. The molecule has 0 aromatic heterocycles. The molecule has 1 amide bonds. The highest BCUT2D eigenvalue weighted by molar-refractivity contribution is 5.81. The highest BCUT2D eigenvalue weighted by atomic mass is 16.3. The van der Waals surface area contributed by atoms with E-state index in [4.69, 9.17) is 5.11 Å². The SMILES string of the molecule is CC(C)N(CCO)C(=O)C(C#N)Cc1ccccc1. The molecule has 1 rings (SSSR count). The van der Waals surface area contributed by atoms with Crippen molar-refractivity contribution < 1.29 is 9.90 Å². The smallest absolute Gasteiger partial charge is 0.240 e. The quantitative estimate of drug-likeness (QED) is 0.845. The summed E-state index contributed by atoms with van der Waals surface area (Å²) in [7, 11) is 0. The van der Waals surface area contributed by atoms with Crippen LogP contribution < -0.4 is 0 Å². The molecule has 4 heteroatoms. The van der Waals surface area contributed by atoms with Crippen LogP contribution in [0, 0.1) is 17.2 Å². The Labute approximate surface area is 114 Å². The molecule has 1 N–H and O–H groups in total. The Morgan fingerprint density at radius 1 is 1.37 bits per heavy atom. The van der Waals surface area contributed by atoms with Gasteiger partial charge in [-0.3, -0.25) is 4.79 Å². The number of rotatable bonds is 6. The summed E-state index contributed by atoms with van der Waals surface area (Å²) in [6.45, 7) is 3.94. The molecule has 0 saturated heterocycles. The van der Waals surface area contributed by atoms with Gasteiger partial charge in [0.25, 0.3) is 0 Å². The molecule has 0 heterocycles. The summed E-state index contributed by atoms with van der Waals surface area (Å²) in [6.07, 6.45) is 0.408. The number of nitriles is 1. The van der Waals surface area contributed by atoms with E-state index >= 15 is 0 Å². The fourth-order valence-electron chi connectivity index (χ4n) is 1.97. The molecule has 0 aliphatic heterocycles. The van der Waals surface area contributed by atoms with Gasteiger partial charge < -0.3 is 10.0 Å². The van der Waals surface area contributed by atoms with Crippen LogP contribution in [0.3, 0.4) is 0 Å². The molecule has 0 aliphatic carbocycles. The van der Waals surface area contributed by atoms with Gasteiger partial charge in [-0.2, -0.15) is 5.26 Å². The molecular formula is C15H20N2O2. The summed E-state index contributed by atoms with van der Waals surface area (Å²) < 4.78 is 0. The normalized spacial score (nSPS) is 11.9. The third-order valence-electron chi connectivity index (χ3n) is 2.98. The van der Waals surface area contributed by atoms with Gasteiger partial charge in [-0.25, -0.2) is 0 Å². The van der Waals surface area contributed by atoms with Crippen LogP contribution >= 0.6 is 0 Å². The Morgan fingerprint density at radius 2 is 2.00 bits per heavy atom. The van der Waals surface area contributed by atoms with Crippen LogP contribution in [0.4, 0.5) is 0 Å². The van der Waals surface area contributed by atoms with Crippen molar-refractivity contribution in [2.24, 2.45) is 5.92 Å². The average Bonchev–Trinajstić information content (AvgIpc) is 2.42. The van der Waals surface area contributed by atoms with Gasteiger partial charge in [0.1, 0.15) is 5.92 Å². The lowest BCUT2D eigenvalue weighted by Crippen LogP contribution is -2.42. The van der Waals surface area contributed by atoms with Crippen molar-refractivity contribution in [2.75, 3.05) is 13.2 Å². The minimum absolute atomic E-state index is 0.0220. The van der Waals surface area contributed by atoms with Gasteiger partial charge >= 0.3 is 0 Å². The molecular weight excluding hydrogens is 240 g/mol. The predicted molar refractivity (Wildman–Crippen MR) is 73.2 cm³/mol. The van der Waals surface area contributed by atoms with Crippen LogP contribution in [0.5, 0.6) is 0 Å². The molecule has 19 heavy (non-hydrogen) atoms. The average molecular weight is 260 g/mol. The lowest BCUT2D eigenvalue weighted by molar-refractivity contribution is -0.136. The van der Waals surface area contributed by atoms with E-state index < -0.39 is 5.92 Å². The summed E-state index contributed by atoms with van der Waals surface area (Å²) >= 11 is 0. The first-order valence-corrected chi connectivity index (χ1v) is 6.45. The fraction of sp³-hybridized carbons (Fsp3) is 0.467. The zero-order chi connectivity index (χ0) is 14.3. The highest BCUT2D eigenvalue weighted by Gasteiger charge is 2.25. The number of nitrogens with zero attached hydrogens (tertiary/aromatic N) is 2. The monoisotopic (exact) mass is 260 g/mol. The maximum Gasteiger partial charge on any atom is 0.240 e. The summed E-state index contributed by atoms with van der Waals surface area (Å²) in [4.78, 5) is 13.9. The van der Waals surface area contributed by atoms with Crippen molar-refractivity contribution in [3.05, 3.63) is 35.9 Å². The summed E-state index contributed by atoms with van der Waals surface area (Å²) in [5.74, 6) is -0.910. The Hall–Kier alpha value is -1.86. The lowest BCUT2D eigenvalue weighted by atomic mass is 9.99. The second kappa shape index (κ2) is 7.55. The molecule has 1 atom stereocenters. The first-order valence-electron chi connectivity index (χ1n) is 6.45. The van der Waals surface area contributed by atoms with E-state index in [0.717, 1.165) is 5.56 Å². The number of carbonyl (C=O) groups excluding carboxylic acids is 1. The summed E-state index contributed by atoms with van der Waals surface area (Å²) in [5, 5.41) is 18.2. The standard InChI is InChI=1S/C15H20N2O2/c1-12(2)17(8-9-18)15(19)14(11-16)10-13-6-4-3-5-7-13/h3-7,12,14,18H,8-10H2,1-2H3. The van der Waals surface area contributed by atoms with E-state index in [2.05, 4.69) is 6.07 Å². The maximum absolute atomic E-state index is 12.3. The Balaban J connectivity index is 2.79. The Kier molecular flexibility index (Phi) is 6.04. The van der Waals surface area contributed by atoms with Crippen molar-refractivity contribution in [3.8, 4) is 6.07 Å². The zero-order valence-electron chi connectivity index (χ0n) is 11.4. The van der Waals surface area contributed by atoms with Crippen LogP contribution in [-0.2, 0) is 11.2 Å². The van der Waals surface area contributed by atoms with E-state index in [1.165, 1.54) is 0 Å². The highest BCUT2D eigenvalue weighted by Crippen LogP contribution is 2.13. The Morgan fingerprint density at radius 3 is 2.47 bits per heavy atom. The minimum atomic E-state index is -0.698. The van der Waals surface area contributed by atoms with Crippen molar-refractivity contribution >= 4 is 5.91 Å². The number of aliphatic hydroxyl groups is 1. The number of aliphatic hydroxyl groups excluding tert-OH is 1. The maximum atomic E-state index is 12.3. The molecule has 1 aromatic rings. The van der Waals surface area contributed by atoms with E-state index in [9.17, 15) is 10.1 Å². The van der Waals surface area contributed by atoms with Crippen LogP contribution in [0.25, 0.3) is 0 Å². The van der Waals surface area contributed by atoms with Gasteiger partial charge in [0.05, 0.1) is 12.7 Å². The number of carbonyl (C=O) groups is 1. The summed E-state index contributed by atoms with van der Waals surface area (Å²) in [6, 6.07) is 11.5. The van der Waals surface area contributed by atoms with Gasteiger partial charge in [-0.1, -0.05) is 30.3 Å². The molecule has 102 valence electrons. The van der Waals surface area contributed by atoms with Crippen molar-refractivity contribution in [1.29, 1.82) is 5.26 Å². The minimum Gasteiger partial charge on any atom is -0.395 e. The second-order valence-electron chi connectivity index (χ2n) is 4.72. The lowest BCUT2D eigenvalue weighted by Gasteiger charge is -2.27. The van der Waals surface area contributed by atoms with E-state index in [-0.39, 0.29) is 25.1 Å². The van der Waals surface area contributed by atoms with Gasteiger partial charge in [0.15, 0.2) is 0 Å². The molecule has 0 fully saturated rings. The zero-order valence-corrected chi connectivity index (χ0v) is 11.4. The second-order valence-corrected chi connectivity index (χ2v) is 4.72. The molecule has 4 nitrogen and oxygen atoms in total. The van der Waals surface area contributed by atoms with Crippen molar-refractivity contribution in [2.45, 2.75) is 26.3 Å². The first kappa shape index (κ1) is 15.2. The molecule has 0 radical (unpaired) electrons. The van der Waals surface area contributed by atoms with Gasteiger partial charge in [-0.05, 0) is 25.8 Å². The van der Waals surface area contributed by atoms with Gasteiger partial charge in [0.2, 0.25) is 5.91 Å². The van der Waals surface area contributed by atoms with Crippen LogP contribution in [0.1, 0.15) is 19.4 Å². The van der Waals surface area contributed by atoms with Crippen molar-refractivity contribution in [3.63, 3.8) is 0 Å².